The van der Waals surface area contributed by atoms with Gasteiger partial charge in [0.05, 0.1) is 17.1 Å². The number of nitrogens with zero attached hydrogens (tertiary/aromatic N) is 3. The van der Waals surface area contributed by atoms with E-state index in [1.807, 2.05) is 23.1 Å². The molecule has 9 nitrogen and oxygen atoms in total. The van der Waals surface area contributed by atoms with E-state index in [2.05, 4.69) is 5.32 Å². The Bertz CT molecular complexity index is 1570. The fraction of sp³-hybridized carbons (Fsp3) is 0.433. The van der Waals surface area contributed by atoms with Crippen molar-refractivity contribution in [2.24, 2.45) is 0 Å². The van der Waals surface area contributed by atoms with E-state index >= 15 is 4.39 Å². The van der Waals surface area contributed by atoms with Crippen LogP contribution in [0.15, 0.2) is 41.3 Å². The molecule has 0 spiro atoms. The minimum absolute atomic E-state index is 0.0204. The number of amides is 2. The zero-order chi connectivity index (χ0) is 28.2. The smallest absolute Gasteiger partial charge is 0.407 e. The number of benzene rings is 2. The molecule has 6 rings (SSSR count). The summed E-state index contributed by atoms with van der Waals surface area (Å²) in [5.41, 5.74) is 0.180. The molecule has 0 saturated carbocycles. The summed E-state index contributed by atoms with van der Waals surface area (Å²) in [5.74, 6) is -0.238. The molecule has 1 aromatic heterocycles. The number of nitrogens with one attached hydrogen (secondary N) is 1. The topological polar surface area (TPSA) is 93.1 Å². The number of pyridine rings is 1. The number of ether oxygens (including phenoxy) is 2. The van der Waals surface area contributed by atoms with E-state index in [9.17, 15) is 14.4 Å². The van der Waals surface area contributed by atoms with Crippen LogP contribution in [-0.2, 0) is 4.74 Å². The quantitative estimate of drug-likeness (QED) is 0.389. The minimum Gasteiger partial charge on any atom is -0.451 e. The summed E-state index contributed by atoms with van der Waals surface area (Å²) in [7, 11) is 0. The molecule has 0 radical (unpaired) electrons. The average Bonchev–Trinajstić information content (AvgIpc) is 3.36. The highest BCUT2D eigenvalue weighted by Crippen LogP contribution is 2.47. The third-order valence-corrected chi connectivity index (χ3v) is 7.61. The monoisotopic (exact) mass is 548 g/mol. The summed E-state index contributed by atoms with van der Waals surface area (Å²) < 4.78 is 29.4. The highest BCUT2D eigenvalue weighted by atomic mass is 19.1. The molecule has 2 amide bonds. The fourth-order valence-electron chi connectivity index (χ4n) is 5.82. The van der Waals surface area contributed by atoms with Crippen molar-refractivity contribution in [3.63, 3.8) is 0 Å². The Morgan fingerprint density at radius 3 is 2.60 bits per heavy atom. The summed E-state index contributed by atoms with van der Waals surface area (Å²) in [5, 5.41) is 2.96. The van der Waals surface area contributed by atoms with Crippen molar-refractivity contribution in [1.82, 2.24) is 14.8 Å². The highest BCUT2D eigenvalue weighted by Gasteiger charge is 2.34. The number of para-hydroxylation sites is 2. The minimum atomic E-state index is -0.629. The van der Waals surface area contributed by atoms with Crippen LogP contribution < -0.4 is 20.4 Å². The number of carbonyl (C=O) groups is 2. The van der Waals surface area contributed by atoms with Crippen molar-refractivity contribution in [2.45, 2.75) is 58.1 Å². The van der Waals surface area contributed by atoms with Crippen molar-refractivity contribution >= 4 is 28.6 Å². The number of hydrogen-bond donors (Lipinski definition) is 1. The lowest BCUT2D eigenvalue weighted by atomic mass is 10.0. The lowest BCUT2D eigenvalue weighted by molar-refractivity contribution is 0.0508. The molecule has 2 saturated heterocycles. The molecule has 0 aliphatic carbocycles. The van der Waals surface area contributed by atoms with Crippen molar-refractivity contribution in [3.8, 4) is 17.2 Å². The van der Waals surface area contributed by atoms with E-state index in [0.29, 0.717) is 49.6 Å². The van der Waals surface area contributed by atoms with Gasteiger partial charge in [0.1, 0.15) is 22.4 Å². The van der Waals surface area contributed by atoms with Crippen LogP contribution in [0.2, 0.25) is 0 Å². The van der Waals surface area contributed by atoms with Gasteiger partial charge in [0.25, 0.3) is 5.91 Å². The SMILES string of the molecule is CC(C)(C)OC(=O)NC1CCN(c2c(F)cc3c(=O)c(C(=O)N4CCCCC4)cn4c3c2Oc2ccccc2-4)C1. The number of anilines is 1. The van der Waals surface area contributed by atoms with Crippen molar-refractivity contribution in [2.75, 3.05) is 31.1 Å². The number of hydrogen-bond acceptors (Lipinski definition) is 6. The van der Waals surface area contributed by atoms with Crippen LogP contribution in [0.25, 0.3) is 16.6 Å². The molecule has 1 N–H and O–H groups in total. The Balaban J connectivity index is 1.43. The number of piperidine rings is 1. The number of halogens is 1. The first-order valence-corrected chi connectivity index (χ1v) is 13.8. The molecule has 4 heterocycles. The van der Waals surface area contributed by atoms with Gasteiger partial charge in [-0.05, 0) is 64.7 Å². The number of alkyl carbamates (subject to hydrolysis) is 1. The second kappa shape index (κ2) is 9.83. The largest absolute Gasteiger partial charge is 0.451 e. The summed E-state index contributed by atoms with van der Waals surface area (Å²) in [6.45, 7) is 7.39. The Kier molecular flexibility index (Phi) is 6.43. The van der Waals surface area contributed by atoms with Gasteiger partial charge in [0.15, 0.2) is 17.3 Å². The van der Waals surface area contributed by atoms with Gasteiger partial charge in [-0.15, -0.1) is 0 Å². The molecule has 3 aliphatic heterocycles. The third kappa shape index (κ3) is 4.65. The van der Waals surface area contributed by atoms with Crippen molar-refractivity contribution < 1.29 is 23.5 Å². The zero-order valence-corrected chi connectivity index (χ0v) is 23.0. The summed E-state index contributed by atoms with van der Waals surface area (Å²) in [6, 6.07) is 8.25. The van der Waals surface area contributed by atoms with E-state index in [1.165, 1.54) is 6.07 Å². The Hall–Kier alpha value is -4.08. The summed E-state index contributed by atoms with van der Waals surface area (Å²) >= 11 is 0. The Morgan fingerprint density at radius 2 is 1.85 bits per heavy atom. The van der Waals surface area contributed by atoms with E-state index in [1.54, 1.807) is 42.5 Å². The summed E-state index contributed by atoms with van der Waals surface area (Å²) in [4.78, 5) is 43.0. The van der Waals surface area contributed by atoms with Gasteiger partial charge in [0.2, 0.25) is 5.43 Å². The molecule has 10 heteroatoms. The lowest BCUT2D eigenvalue weighted by Crippen LogP contribution is -2.40. The highest BCUT2D eigenvalue weighted by molar-refractivity contribution is 6.01. The second-order valence-electron chi connectivity index (χ2n) is 11.7. The van der Waals surface area contributed by atoms with Gasteiger partial charge in [0, 0.05) is 32.4 Å². The number of fused-ring (bicyclic) bond motifs is 2. The van der Waals surface area contributed by atoms with Crippen molar-refractivity contribution in [1.29, 1.82) is 0 Å². The maximum Gasteiger partial charge on any atom is 0.407 e. The Labute approximate surface area is 231 Å². The predicted octanol–water partition coefficient (Wildman–Crippen LogP) is 4.97. The number of rotatable bonds is 3. The standard InChI is InChI=1S/C30H33FN4O5/c1-30(2,3)40-29(38)32-18-11-14-34(16-18)25-21(31)15-19-24-27(25)39-23-10-6-5-9-22(23)35(24)17-20(26(19)36)28(37)33-12-7-4-8-13-33/h5-6,9-10,15,17-18H,4,7-8,11-14,16H2,1-3H3,(H,32,38). The molecule has 3 aliphatic rings. The van der Waals surface area contributed by atoms with Crippen LogP contribution in [0.3, 0.4) is 0 Å². The number of aromatic nitrogens is 1. The maximum atomic E-state index is 16.0. The van der Waals surface area contributed by atoms with Crippen LogP contribution in [-0.4, -0.2) is 59.3 Å². The maximum absolute atomic E-state index is 16.0. The third-order valence-electron chi connectivity index (χ3n) is 7.61. The second-order valence-corrected chi connectivity index (χ2v) is 11.7. The van der Waals surface area contributed by atoms with Crippen LogP contribution in [0.5, 0.6) is 11.5 Å². The molecular formula is C30H33FN4O5. The van der Waals surface area contributed by atoms with Gasteiger partial charge in [-0.3, -0.25) is 9.59 Å². The lowest BCUT2D eigenvalue weighted by Gasteiger charge is -2.30. The molecular weight excluding hydrogens is 515 g/mol. The molecule has 2 aromatic carbocycles. The zero-order valence-electron chi connectivity index (χ0n) is 23.0. The Morgan fingerprint density at radius 1 is 1.10 bits per heavy atom. The van der Waals surface area contributed by atoms with Crippen molar-refractivity contribution in [3.05, 3.63) is 58.1 Å². The van der Waals surface area contributed by atoms with E-state index < -0.39 is 22.9 Å². The molecule has 40 heavy (non-hydrogen) atoms. The number of carbonyl (C=O) groups excluding carboxylic acids is 2. The molecule has 210 valence electrons. The average molecular weight is 549 g/mol. The molecule has 2 fully saturated rings. The molecule has 0 bridgehead atoms. The predicted molar refractivity (Wildman–Crippen MR) is 149 cm³/mol. The van der Waals surface area contributed by atoms with E-state index in [-0.39, 0.29) is 34.3 Å². The first-order valence-electron chi connectivity index (χ1n) is 13.8. The summed E-state index contributed by atoms with van der Waals surface area (Å²) in [6.07, 6.45) is 4.48. The molecule has 3 aromatic rings. The van der Waals surface area contributed by atoms with Gasteiger partial charge < -0.3 is 29.2 Å². The van der Waals surface area contributed by atoms with Crippen LogP contribution in [0, 0.1) is 5.82 Å². The van der Waals surface area contributed by atoms with Gasteiger partial charge in [-0.25, -0.2) is 9.18 Å². The van der Waals surface area contributed by atoms with Crippen LogP contribution >= 0.6 is 0 Å². The normalized spacial score (nSPS) is 18.4. The van der Waals surface area contributed by atoms with Crippen LogP contribution in [0.1, 0.15) is 56.8 Å². The van der Waals surface area contributed by atoms with E-state index in [0.717, 1.165) is 19.3 Å². The van der Waals surface area contributed by atoms with E-state index in [4.69, 9.17) is 9.47 Å². The molecule has 1 atom stereocenters. The van der Waals surface area contributed by atoms with Gasteiger partial charge >= 0.3 is 6.09 Å². The molecule has 1 unspecified atom stereocenters. The number of likely N-dealkylation sites (tertiary alicyclic amines) is 1. The fourth-order valence-corrected chi connectivity index (χ4v) is 5.82. The van der Waals surface area contributed by atoms with Gasteiger partial charge in [-0.1, -0.05) is 12.1 Å². The first kappa shape index (κ1) is 26.2. The van der Waals surface area contributed by atoms with Crippen LogP contribution in [0.4, 0.5) is 14.9 Å². The first-order chi connectivity index (χ1) is 19.1. The van der Waals surface area contributed by atoms with Gasteiger partial charge in [-0.2, -0.15) is 0 Å².